The molecule has 5 rings (SSSR count). The lowest BCUT2D eigenvalue weighted by molar-refractivity contribution is -0.384. The van der Waals surface area contributed by atoms with Crippen molar-refractivity contribution in [2.75, 3.05) is 12.5 Å². The minimum atomic E-state index is -0.632. The Morgan fingerprint density at radius 1 is 1.03 bits per heavy atom. The molecule has 11 nitrogen and oxygen atoms in total. The second-order valence-corrected chi connectivity index (χ2v) is 7.72. The second kappa shape index (κ2) is 9.14. The van der Waals surface area contributed by atoms with Gasteiger partial charge in [0.15, 0.2) is 11.3 Å². The van der Waals surface area contributed by atoms with Crippen molar-refractivity contribution in [3.05, 3.63) is 105 Å². The van der Waals surface area contributed by atoms with Crippen LogP contribution in [0.25, 0.3) is 33.7 Å². The number of methoxy groups -OCH3 is 1. The first-order valence-corrected chi connectivity index (χ1v) is 10.7. The summed E-state index contributed by atoms with van der Waals surface area (Å²) in [5, 5.41) is 18.4. The molecule has 0 aliphatic heterocycles. The molecule has 1 amide bonds. The number of rotatable bonds is 6. The molecule has 0 atom stereocenters. The molecule has 11 heteroatoms. The van der Waals surface area contributed by atoms with Crippen LogP contribution in [0.5, 0.6) is 5.75 Å². The number of carbonyl (C=O) groups excluding carboxylic acids is 1. The number of nitrogens with zero attached hydrogens (tertiary/aromatic N) is 4. The maximum absolute atomic E-state index is 13.6. The van der Waals surface area contributed by atoms with Gasteiger partial charge in [-0.1, -0.05) is 48.5 Å². The van der Waals surface area contributed by atoms with E-state index in [2.05, 4.69) is 20.6 Å². The number of H-pyrrole nitrogens is 1. The molecule has 3 aromatic carbocycles. The van der Waals surface area contributed by atoms with E-state index in [1.807, 2.05) is 30.3 Å². The number of carbonyl (C=O) groups is 1. The highest BCUT2D eigenvalue weighted by Crippen LogP contribution is 2.27. The second-order valence-electron chi connectivity index (χ2n) is 7.72. The van der Waals surface area contributed by atoms with Gasteiger partial charge in [0, 0.05) is 28.8 Å². The van der Waals surface area contributed by atoms with Gasteiger partial charge in [0.2, 0.25) is 0 Å². The summed E-state index contributed by atoms with van der Waals surface area (Å²) in [5.74, 6) is -0.138. The molecule has 0 saturated carbocycles. The number of nitro benzene ring substituents is 1. The van der Waals surface area contributed by atoms with Gasteiger partial charge >= 0.3 is 0 Å². The largest absolute Gasteiger partial charge is 0.497 e. The number of fused-ring (bicyclic) bond motifs is 1. The zero-order valence-electron chi connectivity index (χ0n) is 18.8. The number of nitro groups is 1. The lowest BCUT2D eigenvalue weighted by Crippen LogP contribution is -2.35. The van der Waals surface area contributed by atoms with E-state index in [-0.39, 0.29) is 33.7 Å². The van der Waals surface area contributed by atoms with E-state index in [1.165, 1.54) is 31.4 Å². The Bertz CT molecular complexity index is 1680. The summed E-state index contributed by atoms with van der Waals surface area (Å²) in [6.07, 6.45) is 0. The number of nitrogens with one attached hydrogen (secondary N) is 2. The van der Waals surface area contributed by atoms with Crippen molar-refractivity contribution in [2.45, 2.75) is 0 Å². The molecule has 0 aliphatic carbocycles. The predicted octanol–water partition coefficient (Wildman–Crippen LogP) is 3.75. The number of aromatic nitrogens is 4. The van der Waals surface area contributed by atoms with E-state index in [4.69, 9.17) is 4.74 Å². The molecule has 178 valence electrons. The number of benzene rings is 3. The van der Waals surface area contributed by atoms with Gasteiger partial charge in [0.1, 0.15) is 17.0 Å². The van der Waals surface area contributed by atoms with Crippen LogP contribution in [0.2, 0.25) is 0 Å². The van der Waals surface area contributed by atoms with Crippen molar-refractivity contribution < 1.29 is 14.5 Å². The minimum Gasteiger partial charge on any atom is -0.497 e. The molecule has 2 heterocycles. The minimum absolute atomic E-state index is 0.00558. The number of non-ortho nitro benzene ring substituents is 1. The van der Waals surface area contributed by atoms with Gasteiger partial charge in [-0.25, -0.2) is 4.98 Å². The molecule has 0 saturated heterocycles. The monoisotopic (exact) mass is 482 g/mol. The molecule has 5 aromatic rings. The van der Waals surface area contributed by atoms with E-state index in [9.17, 15) is 19.7 Å². The Labute approximate surface area is 203 Å². The molecule has 0 aliphatic rings. The van der Waals surface area contributed by atoms with E-state index < -0.39 is 16.4 Å². The first kappa shape index (κ1) is 22.5. The van der Waals surface area contributed by atoms with Gasteiger partial charge in [-0.15, -0.1) is 0 Å². The van der Waals surface area contributed by atoms with E-state index in [1.54, 1.807) is 24.3 Å². The molecule has 0 radical (unpaired) electrons. The van der Waals surface area contributed by atoms with Crippen LogP contribution in [0.3, 0.4) is 0 Å². The quantitative estimate of drug-likeness (QED) is 0.277. The Balaban J connectivity index is 1.71. The normalized spacial score (nSPS) is 10.8. The summed E-state index contributed by atoms with van der Waals surface area (Å²) in [7, 11) is 1.47. The molecule has 2 aromatic heterocycles. The molecule has 0 spiro atoms. The van der Waals surface area contributed by atoms with Crippen molar-refractivity contribution in [1.82, 2.24) is 19.9 Å². The Morgan fingerprint density at radius 2 is 1.78 bits per heavy atom. The van der Waals surface area contributed by atoms with E-state index in [0.29, 0.717) is 11.4 Å². The molecular formula is C25H18N6O5. The van der Waals surface area contributed by atoms with Gasteiger partial charge in [-0.3, -0.25) is 30.2 Å². The standard InChI is InChI=1S/C25H18N6O5/c1-36-19-12-6-10-17(14-19)24(32)29-30-23(16-9-5-11-18(13-16)31(34)35)26-21-20(15-7-3-2-4-8-15)27-28-22(21)25(30)33/h2-14H,1H3,(H,27,28)(H,29,32). The summed E-state index contributed by atoms with van der Waals surface area (Å²) in [6, 6.07) is 21.2. The number of amides is 1. The van der Waals surface area contributed by atoms with Gasteiger partial charge in [0.25, 0.3) is 17.2 Å². The lowest BCUT2D eigenvalue weighted by Gasteiger charge is -2.14. The number of ether oxygens (including phenoxy) is 1. The molecule has 0 bridgehead atoms. The van der Waals surface area contributed by atoms with Crippen molar-refractivity contribution >= 4 is 22.6 Å². The van der Waals surface area contributed by atoms with Gasteiger partial charge in [-0.05, 0) is 18.2 Å². The lowest BCUT2D eigenvalue weighted by atomic mass is 10.1. The van der Waals surface area contributed by atoms with Crippen LogP contribution < -0.4 is 15.7 Å². The third-order valence-electron chi connectivity index (χ3n) is 5.49. The van der Waals surface area contributed by atoms with Gasteiger partial charge < -0.3 is 4.74 Å². The Morgan fingerprint density at radius 3 is 2.53 bits per heavy atom. The Kier molecular flexibility index (Phi) is 5.71. The van der Waals surface area contributed by atoms with Crippen molar-refractivity contribution in [3.8, 4) is 28.4 Å². The summed E-state index contributed by atoms with van der Waals surface area (Å²) >= 11 is 0. The number of aromatic amines is 1. The van der Waals surface area contributed by atoms with Gasteiger partial charge in [0.05, 0.1) is 12.0 Å². The average Bonchev–Trinajstić information content (AvgIpc) is 3.35. The summed E-state index contributed by atoms with van der Waals surface area (Å²) in [4.78, 5) is 42.1. The third kappa shape index (κ3) is 4.05. The number of hydrogen-bond donors (Lipinski definition) is 2. The highest BCUT2D eigenvalue weighted by molar-refractivity contribution is 6.01. The summed E-state index contributed by atoms with van der Waals surface area (Å²) in [6.45, 7) is 0. The zero-order valence-corrected chi connectivity index (χ0v) is 18.8. The first-order chi connectivity index (χ1) is 17.5. The van der Waals surface area contributed by atoms with Crippen molar-refractivity contribution in [2.24, 2.45) is 0 Å². The first-order valence-electron chi connectivity index (χ1n) is 10.7. The topological polar surface area (TPSA) is 145 Å². The van der Waals surface area contributed by atoms with Crippen LogP contribution in [0, 0.1) is 10.1 Å². The SMILES string of the molecule is COc1cccc(C(=O)Nn2c(-c3cccc([N+](=O)[O-])c3)nc3c(-c4ccccc4)n[nH]c3c2=O)c1. The zero-order chi connectivity index (χ0) is 25.2. The van der Waals surface area contributed by atoms with Crippen molar-refractivity contribution in [3.63, 3.8) is 0 Å². The van der Waals surface area contributed by atoms with Crippen molar-refractivity contribution in [1.29, 1.82) is 0 Å². The summed E-state index contributed by atoms with van der Waals surface area (Å²) in [5.41, 5.74) is 3.72. The fourth-order valence-corrected chi connectivity index (χ4v) is 3.74. The van der Waals surface area contributed by atoms with E-state index >= 15 is 0 Å². The van der Waals surface area contributed by atoms with Crippen LogP contribution in [0.15, 0.2) is 83.7 Å². The average molecular weight is 482 g/mol. The highest BCUT2D eigenvalue weighted by atomic mass is 16.6. The van der Waals surface area contributed by atoms with Crippen LogP contribution in [-0.4, -0.2) is 37.8 Å². The fourth-order valence-electron chi connectivity index (χ4n) is 3.74. The van der Waals surface area contributed by atoms with Crippen LogP contribution in [0.4, 0.5) is 5.69 Å². The maximum Gasteiger partial charge on any atom is 0.298 e. The highest BCUT2D eigenvalue weighted by Gasteiger charge is 2.21. The fraction of sp³-hybridized carbons (Fsp3) is 0.0400. The molecule has 2 N–H and O–H groups in total. The molecular weight excluding hydrogens is 464 g/mol. The predicted molar refractivity (Wildman–Crippen MR) is 132 cm³/mol. The molecule has 0 unspecified atom stereocenters. The van der Waals surface area contributed by atoms with Crippen LogP contribution in [-0.2, 0) is 0 Å². The van der Waals surface area contributed by atoms with Gasteiger partial charge in [-0.2, -0.15) is 9.77 Å². The summed E-state index contributed by atoms with van der Waals surface area (Å²) < 4.78 is 6.13. The van der Waals surface area contributed by atoms with Crippen LogP contribution >= 0.6 is 0 Å². The molecule has 0 fully saturated rings. The van der Waals surface area contributed by atoms with E-state index in [0.717, 1.165) is 10.2 Å². The maximum atomic E-state index is 13.6. The van der Waals surface area contributed by atoms with Crippen LogP contribution in [0.1, 0.15) is 10.4 Å². The number of hydrogen-bond acceptors (Lipinski definition) is 7. The smallest absolute Gasteiger partial charge is 0.298 e. The molecule has 36 heavy (non-hydrogen) atoms. The third-order valence-corrected chi connectivity index (χ3v) is 5.49. The Hall–Kier alpha value is -5.32.